The first-order chi connectivity index (χ1) is 8.81. The van der Waals surface area contributed by atoms with Crippen LogP contribution in [0.2, 0.25) is 0 Å². The largest absolute Gasteiger partial charge is 0.247 e. The zero-order valence-corrected chi connectivity index (χ0v) is 12.4. The lowest BCUT2D eigenvalue weighted by Gasteiger charge is -1.99. The van der Waals surface area contributed by atoms with Crippen molar-refractivity contribution in [2.45, 2.75) is 97.1 Å². The van der Waals surface area contributed by atoms with Gasteiger partial charge in [-0.15, -0.1) is 11.8 Å². The Hall–Kier alpha value is -0.510. The number of rotatable bonds is 11. The zero-order chi connectivity index (χ0) is 13.5. The summed E-state index contributed by atoms with van der Waals surface area (Å²) >= 11 is 0. The molecule has 0 saturated heterocycles. The standard InChI is InChI=1S/C17H31F/c1-3-5-6-7-8-9-10-11-12-13-14-15-16-17(18)4-2/h17H,3-12,15-16H2,1-2H3. The Kier molecular flexibility index (Phi) is 14.1. The number of hydrogen-bond acceptors (Lipinski definition) is 0. The van der Waals surface area contributed by atoms with Gasteiger partial charge in [0, 0.05) is 12.8 Å². The molecule has 0 bridgehead atoms. The van der Waals surface area contributed by atoms with Crippen LogP contribution in [0.15, 0.2) is 0 Å². The van der Waals surface area contributed by atoms with Gasteiger partial charge in [0.15, 0.2) is 0 Å². The van der Waals surface area contributed by atoms with Crippen LogP contribution in [0.25, 0.3) is 0 Å². The van der Waals surface area contributed by atoms with Crippen molar-refractivity contribution in [3.05, 3.63) is 0 Å². The highest BCUT2D eigenvalue weighted by Gasteiger charge is 1.99. The monoisotopic (exact) mass is 254 g/mol. The second-order valence-electron chi connectivity index (χ2n) is 5.12. The first-order valence-corrected chi connectivity index (χ1v) is 7.91. The molecule has 1 atom stereocenters. The highest BCUT2D eigenvalue weighted by Crippen LogP contribution is 2.09. The molecule has 0 rings (SSSR count). The molecule has 0 fully saturated rings. The normalized spacial score (nSPS) is 11.9. The van der Waals surface area contributed by atoms with E-state index >= 15 is 0 Å². The van der Waals surface area contributed by atoms with E-state index in [-0.39, 0.29) is 0 Å². The molecule has 0 saturated carbocycles. The molecule has 1 unspecified atom stereocenters. The molecule has 0 nitrogen and oxygen atoms in total. The molecule has 0 spiro atoms. The smallest absolute Gasteiger partial charge is 0.101 e. The molecule has 0 aromatic heterocycles. The second kappa shape index (κ2) is 14.6. The molecular formula is C17H31F. The first-order valence-electron chi connectivity index (χ1n) is 7.91. The van der Waals surface area contributed by atoms with E-state index in [1.54, 1.807) is 0 Å². The number of unbranched alkanes of at least 4 members (excludes halogenated alkanes) is 8. The van der Waals surface area contributed by atoms with Crippen LogP contribution >= 0.6 is 0 Å². The summed E-state index contributed by atoms with van der Waals surface area (Å²) in [6, 6.07) is 0. The van der Waals surface area contributed by atoms with E-state index < -0.39 is 6.17 Å². The number of hydrogen-bond donors (Lipinski definition) is 0. The van der Waals surface area contributed by atoms with E-state index in [4.69, 9.17) is 0 Å². The molecule has 0 aliphatic carbocycles. The molecule has 0 aliphatic rings. The van der Waals surface area contributed by atoms with Gasteiger partial charge in [0.25, 0.3) is 0 Å². The van der Waals surface area contributed by atoms with Crippen molar-refractivity contribution in [3.63, 3.8) is 0 Å². The Bertz CT molecular complexity index is 211. The predicted octanol–water partition coefficient (Wildman–Crippen LogP) is 6.05. The fourth-order valence-electron chi connectivity index (χ4n) is 1.96. The van der Waals surface area contributed by atoms with Crippen LogP contribution in [0.1, 0.15) is 90.9 Å². The molecule has 0 aromatic carbocycles. The van der Waals surface area contributed by atoms with Gasteiger partial charge in [-0.2, -0.15) is 0 Å². The van der Waals surface area contributed by atoms with Crippen LogP contribution in [0.4, 0.5) is 4.39 Å². The molecule has 0 radical (unpaired) electrons. The Balaban J connectivity index is 3.13. The molecule has 0 heterocycles. The van der Waals surface area contributed by atoms with E-state index in [1.807, 2.05) is 6.92 Å². The minimum absolute atomic E-state index is 0.612. The lowest BCUT2D eigenvalue weighted by atomic mass is 10.1. The molecule has 106 valence electrons. The van der Waals surface area contributed by atoms with Gasteiger partial charge in [0.05, 0.1) is 0 Å². The fourth-order valence-corrected chi connectivity index (χ4v) is 1.96. The van der Waals surface area contributed by atoms with Crippen LogP contribution in [-0.2, 0) is 0 Å². The van der Waals surface area contributed by atoms with E-state index in [0.717, 1.165) is 12.8 Å². The van der Waals surface area contributed by atoms with Gasteiger partial charge < -0.3 is 0 Å². The van der Waals surface area contributed by atoms with Crippen molar-refractivity contribution in [3.8, 4) is 11.8 Å². The molecular weight excluding hydrogens is 223 g/mol. The molecule has 0 aliphatic heterocycles. The van der Waals surface area contributed by atoms with Gasteiger partial charge in [-0.1, -0.05) is 58.8 Å². The van der Waals surface area contributed by atoms with Crippen molar-refractivity contribution in [1.82, 2.24) is 0 Å². The average molecular weight is 254 g/mol. The average Bonchev–Trinajstić information content (AvgIpc) is 2.39. The lowest BCUT2D eigenvalue weighted by molar-refractivity contribution is 0.309. The highest BCUT2D eigenvalue weighted by molar-refractivity contribution is 4.98. The topological polar surface area (TPSA) is 0 Å². The van der Waals surface area contributed by atoms with Gasteiger partial charge in [-0.25, -0.2) is 4.39 Å². The Morgan fingerprint density at radius 3 is 1.94 bits per heavy atom. The minimum atomic E-state index is -0.651. The zero-order valence-electron chi connectivity index (χ0n) is 12.4. The summed E-state index contributed by atoms with van der Waals surface area (Å²) in [6.07, 6.45) is 13.1. The molecule has 18 heavy (non-hydrogen) atoms. The highest BCUT2D eigenvalue weighted by atomic mass is 19.1. The Labute approximate surface area is 114 Å². The maximum atomic E-state index is 12.9. The molecule has 0 amide bonds. The summed E-state index contributed by atoms with van der Waals surface area (Å²) in [5.41, 5.74) is 0. The van der Waals surface area contributed by atoms with Gasteiger partial charge in [-0.3, -0.25) is 0 Å². The van der Waals surface area contributed by atoms with Crippen LogP contribution in [0.3, 0.4) is 0 Å². The lowest BCUT2D eigenvalue weighted by Crippen LogP contribution is -1.95. The van der Waals surface area contributed by atoms with Gasteiger partial charge in [0.1, 0.15) is 6.17 Å². The summed E-state index contributed by atoms with van der Waals surface area (Å²) in [5.74, 6) is 6.24. The van der Waals surface area contributed by atoms with Crippen molar-refractivity contribution < 1.29 is 4.39 Å². The van der Waals surface area contributed by atoms with Gasteiger partial charge in [0.2, 0.25) is 0 Å². The van der Waals surface area contributed by atoms with Crippen LogP contribution < -0.4 is 0 Å². The predicted molar refractivity (Wildman–Crippen MR) is 79.4 cm³/mol. The second-order valence-corrected chi connectivity index (χ2v) is 5.12. The quantitative estimate of drug-likeness (QED) is 0.311. The van der Waals surface area contributed by atoms with E-state index in [2.05, 4.69) is 18.8 Å². The Morgan fingerprint density at radius 1 is 0.778 bits per heavy atom. The van der Waals surface area contributed by atoms with Crippen LogP contribution in [0.5, 0.6) is 0 Å². The van der Waals surface area contributed by atoms with E-state index in [1.165, 1.54) is 51.4 Å². The molecule has 0 aromatic rings. The van der Waals surface area contributed by atoms with Crippen molar-refractivity contribution in [1.29, 1.82) is 0 Å². The Morgan fingerprint density at radius 2 is 1.33 bits per heavy atom. The third kappa shape index (κ3) is 13.6. The minimum Gasteiger partial charge on any atom is -0.247 e. The SMILES string of the molecule is CCCCCCCCCCC#CCCC(F)CC. The van der Waals surface area contributed by atoms with Crippen LogP contribution in [0, 0.1) is 11.8 Å². The summed E-state index contributed by atoms with van der Waals surface area (Å²) in [6.45, 7) is 4.14. The van der Waals surface area contributed by atoms with Crippen molar-refractivity contribution >= 4 is 0 Å². The summed E-state index contributed by atoms with van der Waals surface area (Å²) in [5, 5.41) is 0. The summed E-state index contributed by atoms with van der Waals surface area (Å²) < 4.78 is 12.9. The van der Waals surface area contributed by atoms with Crippen molar-refractivity contribution in [2.75, 3.05) is 0 Å². The maximum Gasteiger partial charge on any atom is 0.101 e. The third-order valence-electron chi connectivity index (χ3n) is 3.31. The fraction of sp³-hybridized carbons (Fsp3) is 0.882. The summed E-state index contributed by atoms with van der Waals surface area (Å²) in [4.78, 5) is 0. The molecule has 1 heteroatoms. The summed E-state index contributed by atoms with van der Waals surface area (Å²) in [7, 11) is 0. The maximum absolute atomic E-state index is 12.9. The number of alkyl halides is 1. The van der Waals surface area contributed by atoms with Crippen molar-refractivity contribution in [2.24, 2.45) is 0 Å². The molecule has 0 N–H and O–H groups in total. The number of halogens is 1. The van der Waals surface area contributed by atoms with E-state index in [0.29, 0.717) is 12.8 Å². The van der Waals surface area contributed by atoms with Gasteiger partial charge in [-0.05, 0) is 19.3 Å². The van der Waals surface area contributed by atoms with Gasteiger partial charge >= 0.3 is 0 Å². The first kappa shape index (κ1) is 17.5. The third-order valence-corrected chi connectivity index (χ3v) is 3.31. The van der Waals surface area contributed by atoms with Crippen LogP contribution in [-0.4, -0.2) is 6.17 Å². The van der Waals surface area contributed by atoms with E-state index in [9.17, 15) is 4.39 Å².